The number of aryl methyl sites for hydroxylation is 1. The van der Waals surface area contributed by atoms with E-state index in [4.69, 9.17) is 10.5 Å². The molecule has 1 fully saturated rings. The number of hydrogen-bond acceptors (Lipinski definition) is 5. The molecule has 5 rings (SSSR count). The van der Waals surface area contributed by atoms with E-state index >= 15 is 0 Å². The number of rotatable bonds is 3. The van der Waals surface area contributed by atoms with Crippen molar-refractivity contribution in [3.63, 3.8) is 0 Å². The summed E-state index contributed by atoms with van der Waals surface area (Å²) < 4.78 is 8.52. The number of nitrogens with one attached hydrogen (secondary N) is 1. The number of allylic oxidation sites excluding steroid dienone is 1. The Hall–Kier alpha value is -3.25. The van der Waals surface area contributed by atoms with Crippen molar-refractivity contribution in [2.75, 3.05) is 13.1 Å². The number of aromatic nitrogens is 3. The second-order valence-corrected chi connectivity index (χ2v) is 9.58. The van der Waals surface area contributed by atoms with Crippen LogP contribution in [0, 0.1) is 18.3 Å². The third kappa shape index (κ3) is 3.78. The molecular formula is C24H25BrN6O2. The maximum absolute atomic E-state index is 13.2. The number of halogens is 1. The Bertz CT molecular complexity index is 1310. The molecule has 2 aliphatic heterocycles. The zero-order valence-electron chi connectivity index (χ0n) is 18.4. The lowest BCUT2D eigenvalue weighted by molar-refractivity contribution is -0.131. The van der Waals surface area contributed by atoms with Gasteiger partial charge in [-0.3, -0.25) is 9.89 Å². The molecule has 8 nitrogen and oxygen atoms in total. The van der Waals surface area contributed by atoms with E-state index in [2.05, 4.69) is 32.2 Å². The van der Waals surface area contributed by atoms with Crippen LogP contribution in [0.15, 0.2) is 40.3 Å². The van der Waals surface area contributed by atoms with Crippen molar-refractivity contribution >= 4 is 32.7 Å². The lowest BCUT2D eigenvalue weighted by atomic mass is 9.84. The van der Waals surface area contributed by atoms with Gasteiger partial charge in [0.05, 0.1) is 5.92 Å². The van der Waals surface area contributed by atoms with Crippen molar-refractivity contribution in [3.8, 4) is 11.9 Å². The molecule has 0 bridgehead atoms. The quantitative estimate of drug-likeness (QED) is 0.553. The minimum absolute atomic E-state index is 0.0537. The topological polar surface area (TPSA) is 113 Å². The van der Waals surface area contributed by atoms with Gasteiger partial charge in [-0.15, -0.1) is 5.10 Å². The molecule has 0 saturated carbocycles. The number of nitrogens with zero attached hydrogens (tertiary/aromatic N) is 4. The second kappa shape index (κ2) is 8.60. The van der Waals surface area contributed by atoms with E-state index in [9.17, 15) is 10.1 Å². The molecule has 1 aromatic carbocycles. The molecule has 3 aromatic rings. The average molecular weight is 509 g/mol. The fourth-order valence-electron chi connectivity index (χ4n) is 4.93. The Morgan fingerprint density at radius 1 is 1.33 bits per heavy atom. The SMILES string of the molecule is Cc1[nH]nc2c1C(c1cn(CC(=O)N3CCCCCC3)c3ccc(Br)cc13)C(C#N)=C(N)O2. The predicted molar refractivity (Wildman–Crippen MR) is 127 cm³/mol. The van der Waals surface area contributed by atoms with Crippen molar-refractivity contribution in [1.82, 2.24) is 19.7 Å². The van der Waals surface area contributed by atoms with Crippen LogP contribution < -0.4 is 10.5 Å². The van der Waals surface area contributed by atoms with Crippen molar-refractivity contribution in [2.45, 2.75) is 45.1 Å². The van der Waals surface area contributed by atoms with Crippen LogP contribution in [0.4, 0.5) is 0 Å². The van der Waals surface area contributed by atoms with Gasteiger partial charge in [-0.2, -0.15) is 5.26 Å². The number of nitrogens with two attached hydrogens (primary N) is 1. The van der Waals surface area contributed by atoms with Crippen LogP contribution in [0.2, 0.25) is 0 Å². The molecule has 0 aliphatic carbocycles. The molecule has 9 heteroatoms. The third-order valence-corrected chi connectivity index (χ3v) is 7.07. The summed E-state index contributed by atoms with van der Waals surface area (Å²) in [6, 6.07) is 8.23. The molecule has 1 saturated heterocycles. The van der Waals surface area contributed by atoms with Crippen LogP contribution in [0.5, 0.6) is 5.88 Å². The Morgan fingerprint density at radius 2 is 2.09 bits per heavy atom. The molecule has 3 N–H and O–H groups in total. The van der Waals surface area contributed by atoms with Gasteiger partial charge in [0.25, 0.3) is 0 Å². The van der Waals surface area contributed by atoms with E-state index < -0.39 is 5.92 Å². The van der Waals surface area contributed by atoms with Gasteiger partial charge in [-0.1, -0.05) is 28.8 Å². The van der Waals surface area contributed by atoms with Gasteiger partial charge < -0.3 is 19.9 Å². The number of nitriles is 1. The molecule has 170 valence electrons. The maximum atomic E-state index is 13.2. The van der Waals surface area contributed by atoms with E-state index in [0.29, 0.717) is 11.5 Å². The molecule has 1 unspecified atom stereocenters. The van der Waals surface area contributed by atoms with Gasteiger partial charge in [0.2, 0.25) is 17.7 Å². The Morgan fingerprint density at radius 3 is 2.82 bits per heavy atom. The standard InChI is InChI=1S/C24H25BrN6O2/c1-14-21-22(17(11-26)23(27)33-24(21)29-28-14)18-12-31(19-7-6-15(25)10-16(18)19)13-20(32)30-8-4-2-3-5-9-30/h6-7,10,12,22H,2-5,8-9,13,27H2,1H3,(H,28,29). The number of likely N-dealkylation sites (tertiary alicyclic amines) is 1. The van der Waals surface area contributed by atoms with Crippen molar-refractivity contribution < 1.29 is 9.53 Å². The molecule has 33 heavy (non-hydrogen) atoms. The van der Waals surface area contributed by atoms with E-state index in [1.807, 2.05) is 40.8 Å². The van der Waals surface area contributed by atoms with Gasteiger partial charge in [0, 0.05) is 45.9 Å². The summed E-state index contributed by atoms with van der Waals surface area (Å²) in [6.45, 7) is 3.77. The average Bonchev–Trinajstić information content (AvgIpc) is 3.19. The number of carbonyl (C=O) groups is 1. The smallest absolute Gasteiger partial charge is 0.244 e. The van der Waals surface area contributed by atoms with Crippen molar-refractivity contribution in [3.05, 3.63) is 57.1 Å². The van der Waals surface area contributed by atoms with Crippen LogP contribution in [-0.2, 0) is 11.3 Å². The van der Waals surface area contributed by atoms with Crippen molar-refractivity contribution in [1.29, 1.82) is 5.26 Å². The third-order valence-electron chi connectivity index (χ3n) is 6.58. The summed E-state index contributed by atoms with van der Waals surface area (Å²) in [5.41, 5.74) is 9.88. The first-order valence-corrected chi connectivity index (χ1v) is 12.0. The van der Waals surface area contributed by atoms with Crippen LogP contribution in [0.25, 0.3) is 10.9 Å². The number of H-pyrrole nitrogens is 1. The molecule has 0 spiro atoms. The highest BCUT2D eigenvalue weighted by atomic mass is 79.9. The number of carbonyl (C=O) groups excluding carboxylic acids is 1. The Labute approximate surface area is 200 Å². The molecule has 1 atom stereocenters. The molecule has 2 aliphatic rings. The minimum Gasteiger partial charge on any atom is -0.420 e. The van der Waals surface area contributed by atoms with Crippen molar-refractivity contribution in [2.24, 2.45) is 5.73 Å². The van der Waals surface area contributed by atoms with Gasteiger partial charge >= 0.3 is 0 Å². The van der Waals surface area contributed by atoms with Crippen LogP contribution in [0.1, 0.15) is 48.4 Å². The normalized spacial score (nSPS) is 18.6. The summed E-state index contributed by atoms with van der Waals surface area (Å²) in [6.07, 6.45) is 6.43. The largest absolute Gasteiger partial charge is 0.420 e. The van der Waals surface area contributed by atoms with Gasteiger partial charge in [-0.25, -0.2) is 0 Å². The molecular weight excluding hydrogens is 484 g/mol. The number of amides is 1. The minimum atomic E-state index is -0.441. The number of benzene rings is 1. The zero-order chi connectivity index (χ0) is 23.1. The Kier molecular flexibility index (Phi) is 5.62. The lowest BCUT2D eigenvalue weighted by Gasteiger charge is -2.23. The monoisotopic (exact) mass is 508 g/mol. The zero-order valence-corrected chi connectivity index (χ0v) is 20.0. The highest BCUT2D eigenvalue weighted by molar-refractivity contribution is 9.10. The fourth-order valence-corrected chi connectivity index (χ4v) is 5.29. The van der Waals surface area contributed by atoms with Crippen LogP contribution in [-0.4, -0.2) is 38.7 Å². The van der Waals surface area contributed by atoms with E-state index in [-0.39, 0.29) is 18.3 Å². The summed E-state index contributed by atoms with van der Waals surface area (Å²) in [4.78, 5) is 15.2. The van der Waals surface area contributed by atoms with Crippen LogP contribution >= 0.6 is 15.9 Å². The first-order chi connectivity index (χ1) is 16.0. The van der Waals surface area contributed by atoms with Gasteiger partial charge in [-0.05, 0) is 43.5 Å². The lowest BCUT2D eigenvalue weighted by Crippen LogP contribution is -2.34. The summed E-state index contributed by atoms with van der Waals surface area (Å²) in [5, 5.41) is 18.1. The first kappa shape index (κ1) is 21.6. The molecule has 0 radical (unpaired) electrons. The summed E-state index contributed by atoms with van der Waals surface area (Å²) in [5.74, 6) is 0.110. The number of ether oxygens (including phenoxy) is 1. The highest BCUT2D eigenvalue weighted by Crippen LogP contribution is 2.45. The first-order valence-electron chi connectivity index (χ1n) is 11.2. The van der Waals surface area contributed by atoms with E-state index in [1.54, 1.807) is 0 Å². The predicted octanol–water partition coefficient (Wildman–Crippen LogP) is 4.06. The molecule has 4 heterocycles. The van der Waals surface area contributed by atoms with E-state index in [1.165, 1.54) is 12.8 Å². The highest BCUT2D eigenvalue weighted by Gasteiger charge is 2.36. The Balaban J connectivity index is 1.62. The number of aromatic amines is 1. The molecule has 1 amide bonds. The molecule has 2 aromatic heterocycles. The summed E-state index contributed by atoms with van der Waals surface area (Å²) >= 11 is 3.58. The fraction of sp³-hybridized carbons (Fsp3) is 0.375. The maximum Gasteiger partial charge on any atom is 0.244 e. The van der Waals surface area contributed by atoms with E-state index in [0.717, 1.165) is 58.1 Å². The summed E-state index contributed by atoms with van der Waals surface area (Å²) in [7, 11) is 0. The van der Waals surface area contributed by atoms with Gasteiger partial charge in [0.15, 0.2) is 0 Å². The second-order valence-electron chi connectivity index (χ2n) is 8.66. The van der Waals surface area contributed by atoms with Crippen LogP contribution in [0.3, 0.4) is 0 Å². The van der Waals surface area contributed by atoms with Gasteiger partial charge in [0.1, 0.15) is 18.2 Å². The number of hydrogen-bond donors (Lipinski definition) is 2. The number of fused-ring (bicyclic) bond motifs is 2.